The van der Waals surface area contributed by atoms with Gasteiger partial charge in [0.2, 0.25) is 0 Å². The van der Waals surface area contributed by atoms with E-state index in [1.807, 2.05) is 37.3 Å². The number of aromatic nitrogens is 1. The Hall–Kier alpha value is -3.58. The molecule has 2 aromatic carbocycles. The van der Waals surface area contributed by atoms with Gasteiger partial charge in [-0.1, -0.05) is 41.9 Å². The smallest absolute Gasteiger partial charge is 0.262 e. The van der Waals surface area contributed by atoms with Crippen molar-refractivity contribution in [3.05, 3.63) is 86.7 Å². The third-order valence-corrected chi connectivity index (χ3v) is 5.06. The molecule has 0 aliphatic carbocycles. The number of imide groups is 1. The molecule has 29 heavy (non-hydrogen) atoms. The Morgan fingerprint density at radius 2 is 1.76 bits per heavy atom. The summed E-state index contributed by atoms with van der Waals surface area (Å²) in [6.07, 6.45) is 0. The zero-order valence-electron chi connectivity index (χ0n) is 15.4. The molecule has 0 fully saturated rings. The molecule has 4 rings (SSSR count). The first-order chi connectivity index (χ1) is 13.9. The van der Waals surface area contributed by atoms with Gasteiger partial charge in [0.1, 0.15) is 5.82 Å². The lowest BCUT2D eigenvalue weighted by atomic mass is 10.1. The number of nitrogens with two attached hydrogens (primary N) is 1. The molecule has 4 N–H and O–H groups in total. The predicted octanol–water partition coefficient (Wildman–Crippen LogP) is 3.13. The van der Waals surface area contributed by atoms with Crippen LogP contribution < -0.4 is 21.9 Å². The zero-order valence-corrected chi connectivity index (χ0v) is 16.2. The van der Waals surface area contributed by atoms with E-state index in [0.717, 1.165) is 11.6 Å². The number of carbonyl (C=O) groups is 2. The molecule has 0 spiro atoms. The summed E-state index contributed by atoms with van der Waals surface area (Å²) in [6, 6.07) is 15.8. The fourth-order valence-electron chi connectivity index (χ4n) is 3.40. The highest BCUT2D eigenvalue weighted by Crippen LogP contribution is 2.31. The average Bonchev–Trinajstić information content (AvgIpc) is 2.98. The summed E-state index contributed by atoms with van der Waals surface area (Å²) in [5, 5.41) is 5.90. The van der Waals surface area contributed by atoms with Crippen LogP contribution in [0.25, 0.3) is 5.69 Å². The highest BCUT2D eigenvalue weighted by Gasteiger charge is 2.32. The number of fused-ring (bicyclic) bond motifs is 1. The second-order valence-corrected chi connectivity index (χ2v) is 7.15. The Bertz CT molecular complexity index is 1200. The molecule has 8 heteroatoms. The van der Waals surface area contributed by atoms with E-state index < -0.39 is 17.4 Å². The molecular weight excluding hydrogens is 392 g/mol. The second kappa shape index (κ2) is 7.10. The van der Waals surface area contributed by atoms with Gasteiger partial charge >= 0.3 is 0 Å². The Labute approximate surface area is 171 Å². The lowest BCUT2D eigenvalue weighted by Crippen LogP contribution is -2.25. The molecule has 146 valence electrons. The second-order valence-electron chi connectivity index (χ2n) is 6.71. The molecule has 1 atom stereocenters. The number of benzene rings is 2. The fourth-order valence-corrected chi connectivity index (χ4v) is 3.56. The maximum Gasteiger partial charge on any atom is 0.262 e. The minimum atomic E-state index is -0.636. The van der Waals surface area contributed by atoms with E-state index in [1.54, 1.807) is 18.2 Å². The Balaban J connectivity index is 1.86. The summed E-state index contributed by atoms with van der Waals surface area (Å²) in [7, 11) is 0. The van der Waals surface area contributed by atoms with Crippen molar-refractivity contribution < 1.29 is 9.59 Å². The van der Waals surface area contributed by atoms with Crippen molar-refractivity contribution >= 4 is 34.9 Å². The molecular formula is C21H17ClN4O3. The molecule has 7 nitrogen and oxygen atoms in total. The molecule has 0 saturated carbocycles. The summed E-state index contributed by atoms with van der Waals surface area (Å²) in [6.45, 7) is 1.98. The number of anilines is 2. The van der Waals surface area contributed by atoms with E-state index in [2.05, 4.69) is 10.6 Å². The van der Waals surface area contributed by atoms with E-state index in [-0.39, 0.29) is 23.0 Å². The Kier molecular flexibility index (Phi) is 4.60. The fraction of sp³-hybridized carbons (Fsp3) is 0.0952. The van der Waals surface area contributed by atoms with E-state index in [9.17, 15) is 14.4 Å². The average molecular weight is 409 g/mol. The van der Waals surface area contributed by atoms with Crippen LogP contribution in [0.5, 0.6) is 0 Å². The van der Waals surface area contributed by atoms with Gasteiger partial charge in [-0.15, -0.1) is 0 Å². The van der Waals surface area contributed by atoms with Crippen LogP contribution in [-0.2, 0) is 0 Å². The van der Waals surface area contributed by atoms with Crippen molar-refractivity contribution in [2.75, 3.05) is 11.1 Å². The van der Waals surface area contributed by atoms with Crippen LogP contribution in [-0.4, -0.2) is 16.4 Å². The number of rotatable bonds is 4. The minimum absolute atomic E-state index is 0.0170. The van der Waals surface area contributed by atoms with Crippen LogP contribution in [0.15, 0.2) is 59.4 Å². The zero-order chi connectivity index (χ0) is 20.7. The number of halogens is 1. The van der Waals surface area contributed by atoms with Crippen molar-refractivity contribution in [3.63, 3.8) is 0 Å². The highest BCUT2D eigenvalue weighted by atomic mass is 35.5. The molecule has 1 unspecified atom stereocenters. The topological polar surface area (TPSA) is 106 Å². The van der Waals surface area contributed by atoms with Crippen molar-refractivity contribution in [2.45, 2.75) is 13.0 Å². The summed E-state index contributed by atoms with van der Waals surface area (Å²) in [5.41, 5.74) is 7.62. The minimum Gasteiger partial charge on any atom is -0.384 e. The number of carbonyl (C=O) groups excluding carboxylic acids is 2. The van der Waals surface area contributed by atoms with Gasteiger partial charge in [0.05, 0.1) is 22.5 Å². The van der Waals surface area contributed by atoms with E-state index >= 15 is 0 Å². The maximum absolute atomic E-state index is 12.8. The third kappa shape index (κ3) is 3.25. The molecule has 2 heterocycles. The van der Waals surface area contributed by atoms with Crippen LogP contribution in [0.4, 0.5) is 11.5 Å². The van der Waals surface area contributed by atoms with Crippen molar-refractivity contribution in [1.29, 1.82) is 0 Å². The molecule has 2 amide bonds. The lowest BCUT2D eigenvalue weighted by molar-refractivity contribution is 0.0880. The van der Waals surface area contributed by atoms with Gasteiger partial charge in [0, 0.05) is 17.1 Å². The Morgan fingerprint density at radius 3 is 2.48 bits per heavy atom. The quantitative estimate of drug-likeness (QED) is 0.575. The SMILES string of the molecule is CC(Nc1ccc(Cl)cc1-n1c(N)c2c(cc1=O)C(=O)NC2=O)c1ccccc1. The molecule has 1 aromatic heterocycles. The number of hydrogen-bond acceptors (Lipinski definition) is 5. The van der Waals surface area contributed by atoms with Crippen LogP contribution in [0, 0.1) is 0 Å². The molecule has 1 aliphatic rings. The van der Waals surface area contributed by atoms with Gasteiger partial charge in [-0.25, -0.2) is 0 Å². The number of nitrogens with one attached hydrogen (secondary N) is 2. The van der Waals surface area contributed by atoms with Gasteiger partial charge in [0.25, 0.3) is 17.4 Å². The van der Waals surface area contributed by atoms with Gasteiger partial charge in [-0.2, -0.15) is 0 Å². The number of nitrogen functional groups attached to an aromatic ring is 1. The van der Waals surface area contributed by atoms with Gasteiger partial charge in [-0.05, 0) is 30.7 Å². The van der Waals surface area contributed by atoms with Crippen LogP contribution in [0.2, 0.25) is 5.02 Å². The van der Waals surface area contributed by atoms with Crippen LogP contribution in [0.1, 0.15) is 39.2 Å². The maximum atomic E-state index is 12.8. The van der Waals surface area contributed by atoms with E-state index in [4.69, 9.17) is 17.3 Å². The standard InChI is InChI=1S/C21H17ClN4O3/c1-11(12-5-3-2-4-6-12)24-15-8-7-13(22)9-16(15)26-17(27)10-14-18(19(26)23)21(29)25-20(14)28/h2-11,24H,23H2,1H3,(H,25,28,29). The van der Waals surface area contributed by atoms with Crippen molar-refractivity contribution in [3.8, 4) is 5.69 Å². The number of hydrogen-bond donors (Lipinski definition) is 3. The van der Waals surface area contributed by atoms with Gasteiger partial charge in [-0.3, -0.25) is 24.3 Å². The molecule has 0 radical (unpaired) electrons. The van der Waals surface area contributed by atoms with E-state index in [0.29, 0.717) is 16.4 Å². The van der Waals surface area contributed by atoms with Gasteiger partial charge < -0.3 is 11.1 Å². The van der Waals surface area contributed by atoms with Crippen molar-refractivity contribution in [2.24, 2.45) is 0 Å². The van der Waals surface area contributed by atoms with E-state index in [1.165, 1.54) is 4.57 Å². The first-order valence-electron chi connectivity index (χ1n) is 8.89. The normalized spacial score (nSPS) is 13.7. The molecule has 0 saturated heterocycles. The third-order valence-electron chi connectivity index (χ3n) is 4.83. The summed E-state index contributed by atoms with van der Waals surface area (Å²) >= 11 is 6.18. The first-order valence-corrected chi connectivity index (χ1v) is 9.27. The summed E-state index contributed by atoms with van der Waals surface area (Å²) < 4.78 is 1.18. The highest BCUT2D eigenvalue weighted by molar-refractivity contribution is 6.31. The number of pyridine rings is 1. The van der Waals surface area contributed by atoms with Crippen LogP contribution >= 0.6 is 11.6 Å². The molecule has 1 aliphatic heterocycles. The largest absolute Gasteiger partial charge is 0.384 e. The van der Waals surface area contributed by atoms with Crippen molar-refractivity contribution in [1.82, 2.24) is 9.88 Å². The number of amides is 2. The molecule has 3 aromatic rings. The first kappa shape index (κ1) is 18.8. The number of nitrogens with zero attached hydrogens (tertiary/aromatic N) is 1. The summed E-state index contributed by atoms with van der Waals surface area (Å²) in [5.74, 6) is -1.39. The molecule has 0 bridgehead atoms. The Morgan fingerprint density at radius 1 is 1.03 bits per heavy atom. The predicted molar refractivity (Wildman–Crippen MR) is 112 cm³/mol. The monoisotopic (exact) mass is 408 g/mol. The van der Waals surface area contributed by atoms with Crippen LogP contribution in [0.3, 0.4) is 0 Å². The van der Waals surface area contributed by atoms with Gasteiger partial charge in [0.15, 0.2) is 0 Å². The summed E-state index contributed by atoms with van der Waals surface area (Å²) in [4.78, 5) is 36.8. The lowest BCUT2D eigenvalue weighted by Gasteiger charge is -2.21.